The van der Waals surface area contributed by atoms with Crippen LogP contribution < -0.4 is 14.2 Å². The molecule has 116 valence electrons. The number of nitrogens with one attached hydrogen (secondary N) is 1. The van der Waals surface area contributed by atoms with E-state index in [9.17, 15) is 13.2 Å². The summed E-state index contributed by atoms with van der Waals surface area (Å²) in [5.74, 6) is -0.562. The van der Waals surface area contributed by atoms with E-state index in [4.69, 9.17) is 14.6 Å². The maximum Gasteiger partial charge on any atom is 0.324 e. The summed E-state index contributed by atoms with van der Waals surface area (Å²) in [6.07, 6.45) is 0. The molecule has 0 fully saturated rings. The molecule has 1 atom stereocenters. The average Bonchev–Trinajstić information content (AvgIpc) is 2.46. The van der Waals surface area contributed by atoms with Crippen LogP contribution >= 0.6 is 0 Å². The molecule has 0 amide bonds. The number of carboxylic acids is 1. The van der Waals surface area contributed by atoms with Crippen LogP contribution in [-0.4, -0.2) is 52.5 Å². The SMILES string of the molecule is COCC(NS(=O)(=O)c1ccc2c(c1)OCCO2)C(=O)O. The highest BCUT2D eigenvalue weighted by Gasteiger charge is 2.26. The molecule has 0 bridgehead atoms. The summed E-state index contributed by atoms with van der Waals surface area (Å²) in [6.45, 7) is 0.441. The predicted molar refractivity (Wildman–Crippen MR) is 71.1 cm³/mol. The van der Waals surface area contributed by atoms with Crippen molar-refractivity contribution >= 4 is 16.0 Å². The van der Waals surface area contributed by atoms with E-state index >= 15 is 0 Å². The molecule has 1 aromatic rings. The zero-order chi connectivity index (χ0) is 15.5. The zero-order valence-electron chi connectivity index (χ0n) is 11.2. The van der Waals surface area contributed by atoms with Gasteiger partial charge in [-0.3, -0.25) is 4.79 Å². The molecule has 2 N–H and O–H groups in total. The monoisotopic (exact) mass is 317 g/mol. The minimum absolute atomic E-state index is 0.103. The maximum atomic E-state index is 12.2. The van der Waals surface area contributed by atoms with E-state index in [1.165, 1.54) is 25.3 Å². The first-order valence-electron chi connectivity index (χ1n) is 6.08. The first-order chi connectivity index (χ1) is 9.94. The largest absolute Gasteiger partial charge is 0.486 e. The van der Waals surface area contributed by atoms with Gasteiger partial charge < -0.3 is 19.3 Å². The second-order valence-corrected chi connectivity index (χ2v) is 5.99. The van der Waals surface area contributed by atoms with Crippen molar-refractivity contribution in [2.45, 2.75) is 10.9 Å². The third-order valence-electron chi connectivity index (χ3n) is 2.75. The molecule has 0 saturated carbocycles. The Hall–Kier alpha value is -1.84. The molecule has 21 heavy (non-hydrogen) atoms. The van der Waals surface area contributed by atoms with Gasteiger partial charge in [0.25, 0.3) is 0 Å². The van der Waals surface area contributed by atoms with Gasteiger partial charge in [-0.25, -0.2) is 8.42 Å². The van der Waals surface area contributed by atoms with Crippen LogP contribution in [0.25, 0.3) is 0 Å². The number of rotatable bonds is 6. The number of methoxy groups -OCH3 is 1. The summed E-state index contributed by atoms with van der Waals surface area (Å²) >= 11 is 0. The minimum Gasteiger partial charge on any atom is -0.486 e. The van der Waals surface area contributed by atoms with E-state index in [-0.39, 0.29) is 11.5 Å². The number of benzene rings is 1. The Labute approximate surface area is 121 Å². The first kappa shape index (κ1) is 15.5. The van der Waals surface area contributed by atoms with Crippen LogP contribution in [0.15, 0.2) is 23.1 Å². The minimum atomic E-state index is -4.01. The molecule has 1 aliphatic rings. The Morgan fingerprint density at radius 2 is 2.05 bits per heavy atom. The average molecular weight is 317 g/mol. The lowest BCUT2D eigenvalue weighted by Gasteiger charge is -2.19. The quantitative estimate of drug-likeness (QED) is 0.749. The molecule has 0 radical (unpaired) electrons. The summed E-state index contributed by atoms with van der Waals surface area (Å²) < 4.78 is 41.7. The molecule has 1 aromatic carbocycles. The van der Waals surface area contributed by atoms with Crippen molar-refractivity contribution in [1.82, 2.24) is 4.72 Å². The Balaban J connectivity index is 2.24. The molecular formula is C12H15NO7S. The summed E-state index contributed by atoms with van der Waals surface area (Å²) in [6, 6.07) is 2.72. The van der Waals surface area contributed by atoms with Gasteiger partial charge in [0.05, 0.1) is 11.5 Å². The lowest BCUT2D eigenvalue weighted by atomic mass is 10.3. The highest BCUT2D eigenvalue weighted by molar-refractivity contribution is 7.89. The molecular weight excluding hydrogens is 302 g/mol. The third kappa shape index (κ3) is 3.63. The van der Waals surface area contributed by atoms with Gasteiger partial charge in [0.2, 0.25) is 10.0 Å². The highest BCUT2D eigenvalue weighted by atomic mass is 32.2. The van der Waals surface area contributed by atoms with Crippen molar-refractivity contribution in [1.29, 1.82) is 0 Å². The van der Waals surface area contributed by atoms with Gasteiger partial charge in [-0.05, 0) is 12.1 Å². The van der Waals surface area contributed by atoms with Gasteiger partial charge in [-0.2, -0.15) is 4.72 Å². The van der Waals surface area contributed by atoms with Crippen LogP contribution in [0.5, 0.6) is 11.5 Å². The number of hydrogen-bond acceptors (Lipinski definition) is 6. The summed E-state index contributed by atoms with van der Waals surface area (Å²) in [5, 5.41) is 8.96. The number of fused-ring (bicyclic) bond motifs is 1. The standard InChI is InChI=1S/C12H15NO7S/c1-18-7-9(12(14)15)13-21(16,17)8-2-3-10-11(6-8)20-5-4-19-10/h2-3,6,9,13H,4-5,7H2,1H3,(H,14,15). The summed E-state index contributed by atoms with van der Waals surface area (Å²) in [5.41, 5.74) is 0. The number of aliphatic carboxylic acids is 1. The van der Waals surface area contributed by atoms with Crippen LogP contribution in [0.4, 0.5) is 0 Å². The lowest BCUT2D eigenvalue weighted by molar-refractivity contribution is -0.140. The fraction of sp³-hybridized carbons (Fsp3) is 0.417. The molecule has 2 rings (SSSR count). The fourth-order valence-corrected chi connectivity index (χ4v) is 2.96. The Morgan fingerprint density at radius 1 is 1.38 bits per heavy atom. The topological polar surface area (TPSA) is 111 Å². The number of hydrogen-bond donors (Lipinski definition) is 2. The smallest absolute Gasteiger partial charge is 0.324 e. The molecule has 0 aromatic heterocycles. The number of carbonyl (C=O) groups is 1. The second kappa shape index (κ2) is 6.29. The summed E-state index contributed by atoms with van der Waals surface area (Å²) in [7, 11) is -2.72. The second-order valence-electron chi connectivity index (χ2n) is 4.27. The lowest BCUT2D eigenvalue weighted by Crippen LogP contribution is -2.43. The third-order valence-corrected chi connectivity index (χ3v) is 4.22. The van der Waals surface area contributed by atoms with Crippen molar-refractivity contribution in [2.24, 2.45) is 0 Å². The van der Waals surface area contributed by atoms with E-state index in [2.05, 4.69) is 9.46 Å². The van der Waals surface area contributed by atoms with Gasteiger partial charge in [0.15, 0.2) is 11.5 Å². The zero-order valence-corrected chi connectivity index (χ0v) is 12.1. The van der Waals surface area contributed by atoms with E-state index in [1.807, 2.05) is 0 Å². The van der Waals surface area contributed by atoms with E-state index in [0.29, 0.717) is 24.7 Å². The Morgan fingerprint density at radius 3 is 2.67 bits per heavy atom. The Bertz CT molecular complexity index is 628. The molecule has 0 spiro atoms. The molecule has 1 aliphatic heterocycles. The van der Waals surface area contributed by atoms with Gasteiger partial charge in [0.1, 0.15) is 19.3 Å². The fourth-order valence-electron chi connectivity index (χ4n) is 1.77. The van der Waals surface area contributed by atoms with Gasteiger partial charge >= 0.3 is 5.97 Å². The van der Waals surface area contributed by atoms with Gasteiger partial charge in [-0.15, -0.1) is 0 Å². The number of ether oxygens (including phenoxy) is 3. The molecule has 1 unspecified atom stereocenters. The Kier molecular flexibility index (Phi) is 4.66. The van der Waals surface area contributed by atoms with E-state index in [1.54, 1.807) is 0 Å². The van der Waals surface area contributed by atoms with Crippen LogP contribution in [0.2, 0.25) is 0 Å². The van der Waals surface area contributed by atoms with Crippen LogP contribution in [0, 0.1) is 0 Å². The van der Waals surface area contributed by atoms with Crippen molar-refractivity contribution in [3.63, 3.8) is 0 Å². The number of sulfonamides is 1. The van der Waals surface area contributed by atoms with Gasteiger partial charge in [-0.1, -0.05) is 0 Å². The predicted octanol–water partition coefficient (Wildman–Crippen LogP) is -0.164. The molecule has 8 nitrogen and oxygen atoms in total. The van der Waals surface area contributed by atoms with Crippen molar-refractivity contribution in [2.75, 3.05) is 26.9 Å². The van der Waals surface area contributed by atoms with E-state index < -0.39 is 22.0 Å². The number of carboxylic acid groups (broad SMARTS) is 1. The molecule has 0 aliphatic carbocycles. The van der Waals surface area contributed by atoms with E-state index in [0.717, 1.165) is 0 Å². The van der Waals surface area contributed by atoms with Crippen LogP contribution in [-0.2, 0) is 19.6 Å². The normalized spacial score (nSPS) is 15.5. The van der Waals surface area contributed by atoms with Crippen molar-refractivity contribution in [3.8, 4) is 11.5 Å². The van der Waals surface area contributed by atoms with Crippen molar-refractivity contribution < 1.29 is 32.5 Å². The molecule has 1 heterocycles. The maximum absolute atomic E-state index is 12.2. The van der Waals surface area contributed by atoms with Crippen LogP contribution in [0.3, 0.4) is 0 Å². The highest BCUT2D eigenvalue weighted by Crippen LogP contribution is 2.32. The van der Waals surface area contributed by atoms with Crippen molar-refractivity contribution in [3.05, 3.63) is 18.2 Å². The molecule has 0 saturated heterocycles. The van der Waals surface area contributed by atoms with Crippen LogP contribution in [0.1, 0.15) is 0 Å². The first-order valence-corrected chi connectivity index (χ1v) is 7.56. The van der Waals surface area contributed by atoms with Gasteiger partial charge in [0, 0.05) is 13.2 Å². The molecule has 9 heteroatoms. The summed E-state index contributed by atoms with van der Waals surface area (Å²) in [4.78, 5) is 10.9.